The summed E-state index contributed by atoms with van der Waals surface area (Å²) in [5.74, 6) is -0.561. The van der Waals surface area contributed by atoms with E-state index in [9.17, 15) is 9.59 Å². The number of benzene rings is 1. The molecule has 0 aliphatic heterocycles. The lowest BCUT2D eigenvalue weighted by Crippen LogP contribution is -2.15. The zero-order valence-corrected chi connectivity index (χ0v) is 13.3. The Hall–Kier alpha value is -1.86. The second-order valence-electron chi connectivity index (χ2n) is 4.07. The summed E-state index contributed by atoms with van der Waals surface area (Å²) in [6.07, 6.45) is 1.56. The summed E-state index contributed by atoms with van der Waals surface area (Å²) < 4.78 is 0.802. The number of halogens is 1. The summed E-state index contributed by atoms with van der Waals surface area (Å²) in [6.45, 7) is 0. The smallest absolute Gasteiger partial charge is 0.274 e. The van der Waals surface area contributed by atoms with Crippen molar-refractivity contribution < 1.29 is 9.59 Å². The Morgan fingerprint density at radius 2 is 2.00 bits per heavy atom. The van der Waals surface area contributed by atoms with E-state index in [2.05, 4.69) is 26.2 Å². The lowest BCUT2D eigenvalue weighted by molar-refractivity contribution is -0.115. The predicted octanol–water partition coefficient (Wildman–Crippen LogP) is 2.67. The van der Waals surface area contributed by atoms with Crippen LogP contribution in [-0.2, 0) is 4.79 Å². The molecule has 0 saturated heterocycles. The Morgan fingerprint density at radius 1 is 1.24 bits per heavy atom. The van der Waals surface area contributed by atoms with Gasteiger partial charge in [0.1, 0.15) is 5.69 Å². The number of carbonyl (C=O) groups excluding carboxylic acids is 2. The highest BCUT2D eigenvalue weighted by atomic mass is 79.9. The highest BCUT2D eigenvalue weighted by Gasteiger charge is 2.11. The lowest BCUT2D eigenvalue weighted by atomic mass is 10.3. The third-order valence-corrected chi connectivity index (χ3v) is 4.03. The number of hydrogen-bond donors (Lipinski definition) is 2. The van der Waals surface area contributed by atoms with Gasteiger partial charge in [0.05, 0.1) is 11.4 Å². The quantitative estimate of drug-likeness (QED) is 0.797. The Morgan fingerprint density at radius 3 is 2.67 bits per heavy atom. The van der Waals surface area contributed by atoms with Crippen molar-refractivity contribution in [2.24, 2.45) is 5.73 Å². The van der Waals surface area contributed by atoms with Crippen LogP contribution in [0.5, 0.6) is 0 Å². The average Bonchev–Trinajstić information content (AvgIpc) is 2.47. The van der Waals surface area contributed by atoms with Gasteiger partial charge in [0, 0.05) is 15.6 Å². The summed E-state index contributed by atoms with van der Waals surface area (Å²) in [4.78, 5) is 27.8. The number of thioether (sulfide) groups is 1. The molecule has 2 aromatic rings. The number of hydrogen-bond acceptors (Lipinski definition) is 4. The van der Waals surface area contributed by atoms with E-state index in [0.717, 1.165) is 9.37 Å². The summed E-state index contributed by atoms with van der Waals surface area (Å²) in [5, 5.41) is 2.78. The minimum absolute atomic E-state index is 0.156. The molecule has 2 amide bonds. The Labute approximate surface area is 134 Å². The minimum Gasteiger partial charge on any atom is -0.369 e. The molecule has 0 spiro atoms. The molecule has 21 heavy (non-hydrogen) atoms. The van der Waals surface area contributed by atoms with Crippen LogP contribution in [0.4, 0.5) is 5.69 Å². The Bertz CT molecular complexity index is 662. The van der Waals surface area contributed by atoms with Gasteiger partial charge in [-0.2, -0.15) is 0 Å². The molecule has 0 bridgehead atoms. The van der Waals surface area contributed by atoms with Gasteiger partial charge in [0.2, 0.25) is 5.91 Å². The van der Waals surface area contributed by atoms with Crippen LogP contribution < -0.4 is 11.1 Å². The molecule has 0 atom stereocenters. The molecule has 2 rings (SSSR count). The number of nitrogens with two attached hydrogens (primary N) is 1. The molecule has 5 nitrogen and oxygen atoms in total. The molecular formula is C14H12BrN3O2S. The number of para-hydroxylation sites is 1. The van der Waals surface area contributed by atoms with Crippen LogP contribution in [-0.4, -0.2) is 22.6 Å². The van der Waals surface area contributed by atoms with E-state index in [4.69, 9.17) is 5.73 Å². The molecule has 0 unspecified atom stereocenters. The van der Waals surface area contributed by atoms with E-state index in [-0.39, 0.29) is 11.7 Å². The molecule has 3 N–H and O–H groups in total. The third-order valence-electron chi connectivity index (χ3n) is 2.47. The topological polar surface area (TPSA) is 85.1 Å². The first-order chi connectivity index (χ1) is 10.1. The van der Waals surface area contributed by atoms with Crippen molar-refractivity contribution in [1.82, 2.24) is 4.98 Å². The maximum absolute atomic E-state index is 12.1. The zero-order valence-electron chi connectivity index (χ0n) is 10.9. The molecule has 1 aromatic heterocycles. The highest BCUT2D eigenvalue weighted by molar-refractivity contribution is 9.10. The standard InChI is InChI=1S/C14H12BrN3O2S/c15-9-5-6-11(17-7-9)14(20)18-10-3-1-2-4-12(10)21-8-13(16)19/h1-7H,8H2,(H2,16,19)(H,18,20). The first-order valence-electron chi connectivity index (χ1n) is 5.99. The molecule has 7 heteroatoms. The predicted molar refractivity (Wildman–Crippen MR) is 86.3 cm³/mol. The van der Waals surface area contributed by atoms with Gasteiger partial charge >= 0.3 is 0 Å². The van der Waals surface area contributed by atoms with Crippen LogP contribution in [0.1, 0.15) is 10.5 Å². The van der Waals surface area contributed by atoms with E-state index >= 15 is 0 Å². The van der Waals surface area contributed by atoms with Crippen LogP contribution >= 0.6 is 27.7 Å². The largest absolute Gasteiger partial charge is 0.369 e. The van der Waals surface area contributed by atoms with Crippen molar-refractivity contribution in [3.8, 4) is 0 Å². The normalized spacial score (nSPS) is 10.1. The molecule has 0 fully saturated rings. The van der Waals surface area contributed by atoms with Gasteiger partial charge < -0.3 is 11.1 Å². The number of carbonyl (C=O) groups is 2. The van der Waals surface area contributed by atoms with Crippen molar-refractivity contribution in [3.05, 3.63) is 52.8 Å². The fourth-order valence-electron chi connectivity index (χ4n) is 1.54. The second kappa shape index (κ2) is 7.24. The van der Waals surface area contributed by atoms with Gasteiger partial charge in [0.25, 0.3) is 5.91 Å². The van der Waals surface area contributed by atoms with Gasteiger partial charge in [-0.15, -0.1) is 11.8 Å². The molecule has 1 aromatic carbocycles. The van der Waals surface area contributed by atoms with E-state index in [0.29, 0.717) is 11.4 Å². The lowest BCUT2D eigenvalue weighted by Gasteiger charge is -2.09. The summed E-state index contributed by atoms with van der Waals surface area (Å²) in [7, 11) is 0. The molecule has 0 saturated carbocycles. The minimum atomic E-state index is -0.407. The maximum Gasteiger partial charge on any atom is 0.274 e. The van der Waals surface area contributed by atoms with Crippen molar-refractivity contribution in [2.75, 3.05) is 11.1 Å². The number of aromatic nitrogens is 1. The summed E-state index contributed by atoms with van der Waals surface area (Å²) >= 11 is 4.54. The van der Waals surface area contributed by atoms with E-state index in [1.54, 1.807) is 30.5 Å². The first kappa shape index (κ1) is 15.5. The highest BCUT2D eigenvalue weighted by Crippen LogP contribution is 2.27. The maximum atomic E-state index is 12.1. The molecule has 0 aliphatic rings. The number of rotatable bonds is 5. The van der Waals surface area contributed by atoms with Gasteiger partial charge in [0.15, 0.2) is 0 Å². The number of nitrogens with one attached hydrogen (secondary N) is 1. The second-order valence-corrected chi connectivity index (χ2v) is 6.00. The summed E-state index contributed by atoms with van der Waals surface area (Å²) in [6, 6.07) is 10.6. The van der Waals surface area contributed by atoms with Crippen LogP contribution in [0.25, 0.3) is 0 Å². The number of pyridine rings is 1. The van der Waals surface area contributed by atoms with Crippen LogP contribution in [0.2, 0.25) is 0 Å². The first-order valence-corrected chi connectivity index (χ1v) is 7.77. The van der Waals surface area contributed by atoms with Crippen LogP contribution in [0.15, 0.2) is 52.0 Å². The number of amides is 2. The van der Waals surface area contributed by atoms with E-state index in [1.807, 2.05) is 12.1 Å². The molecular weight excluding hydrogens is 354 g/mol. The van der Waals surface area contributed by atoms with Crippen LogP contribution in [0, 0.1) is 0 Å². The SMILES string of the molecule is NC(=O)CSc1ccccc1NC(=O)c1ccc(Br)cn1. The molecule has 1 heterocycles. The van der Waals surface area contributed by atoms with Crippen LogP contribution in [0.3, 0.4) is 0 Å². The monoisotopic (exact) mass is 365 g/mol. The molecule has 0 radical (unpaired) electrons. The van der Waals surface area contributed by atoms with Gasteiger partial charge in [-0.1, -0.05) is 12.1 Å². The number of primary amides is 1. The van der Waals surface area contributed by atoms with Crippen molar-refractivity contribution in [1.29, 1.82) is 0 Å². The number of nitrogens with zero attached hydrogens (tertiary/aromatic N) is 1. The molecule has 108 valence electrons. The van der Waals surface area contributed by atoms with Gasteiger partial charge in [-0.3, -0.25) is 9.59 Å². The Kier molecular flexibility index (Phi) is 5.35. The van der Waals surface area contributed by atoms with Crippen molar-refractivity contribution >= 4 is 45.2 Å². The van der Waals surface area contributed by atoms with Crippen molar-refractivity contribution in [2.45, 2.75) is 4.90 Å². The fourth-order valence-corrected chi connectivity index (χ4v) is 2.52. The van der Waals surface area contributed by atoms with Crippen molar-refractivity contribution in [3.63, 3.8) is 0 Å². The fraction of sp³-hybridized carbons (Fsp3) is 0.0714. The van der Waals surface area contributed by atoms with Gasteiger partial charge in [-0.05, 0) is 40.2 Å². The number of anilines is 1. The molecule has 0 aliphatic carbocycles. The Balaban J connectivity index is 2.13. The van der Waals surface area contributed by atoms with E-state index < -0.39 is 5.91 Å². The third kappa shape index (κ3) is 4.57. The van der Waals surface area contributed by atoms with E-state index in [1.165, 1.54) is 11.8 Å². The average molecular weight is 366 g/mol. The van der Waals surface area contributed by atoms with Gasteiger partial charge in [-0.25, -0.2) is 4.98 Å². The zero-order chi connectivity index (χ0) is 15.2. The summed E-state index contributed by atoms with van der Waals surface area (Å²) in [5.41, 5.74) is 6.07.